The number of nitrogens with one attached hydrogen (secondary N) is 1. The summed E-state index contributed by atoms with van der Waals surface area (Å²) in [6.07, 6.45) is 0.860. The van der Waals surface area contributed by atoms with Gasteiger partial charge in [0.15, 0.2) is 5.96 Å². The van der Waals surface area contributed by atoms with Gasteiger partial charge in [0.1, 0.15) is 11.6 Å². The molecule has 0 saturated carbocycles. The second-order valence-corrected chi connectivity index (χ2v) is 5.73. The molecule has 25 heavy (non-hydrogen) atoms. The average molecular weight is 459 g/mol. The highest BCUT2D eigenvalue weighted by Crippen LogP contribution is 2.34. The average Bonchev–Trinajstić information content (AvgIpc) is 3.06. The normalized spacial score (nSPS) is 20.2. The van der Waals surface area contributed by atoms with Gasteiger partial charge in [0.05, 0.1) is 11.8 Å². The zero-order valence-corrected chi connectivity index (χ0v) is 15.8. The topological polar surface area (TPSA) is 59.6 Å². The van der Waals surface area contributed by atoms with Crippen LogP contribution in [0, 0.1) is 17.6 Å². The van der Waals surface area contributed by atoms with Crippen molar-refractivity contribution in [2.75, 3.05) is 18.5 Å². The van der Waals surface area contributed by atoms with E-state index in [-0.39, 0.29) is 47.6 Å². The van der Waals surface area contributed by atoms with E-state index in [9.17, 15) is 8.78 Å². The Balaban J connectivity index is 0.00000225. The van der Waals surface area contributed by atoms with Gasteiger partial charge < -0.3 is 15.8 Å². The molecule has 0 aromatic heterocycles. The van der Waals surface area contributed by atoms with Crippen LogP contribution in [0.25, 0.3) is 0 Å². The minimum atomic E-state index is -0.582. The van der Waals surface area contributed by atoms with Gasteiger partial charge in [-0.1, -0.05) is 30.3 Å². The highest BCUT2D eigenvalue weighted by molar-refractivity contribution is 14.0. The summed E-state index contributed by atoms with van der Waals surface area (Å²) in [4.78, 5) is 4.26. The monoisotopic (exact) mass is 459 g/mol. The van der Waals surface area contributed by atoms with E-state index in [1.807, 2.05) is 30.3 Å². The number of nitrogens with zero attached hydrogens (tertiary/aromatic N) is 1. The third-order valence-electron chi connectivity index (χ3n) is 4.03. The third-order valence-corrected chi connectivity index (χ3v) is 4.03. The Labute approximate surface area is 162 Å². The highest BCUT2D eigenvalue weighted by atomic mass is 127. The predicted octanol–water partition coefficient (Wildman–Crippen LogP) is 4.09. The summed E-state index contributed by atoms with van der Waals surface area (Å²) in [5.74, 6) is -0.871. The first-order valence-corrected chi connectivity index (χ1v) is 7.82. The Morgan fingerprint density at radius 3 is 2.72 bits per heavy atom. The molecule has 134 valence electrons. The molecule has 0 amide bonds. The molecule has 2 aromatic carbocycles. The first kappa shape index (κ1) is 19.6. The van der Waals surface area contributed by atoms with Crippen LogP contribution < -0.4 is 11.1 Å². The molecule has 0 bridgehead atoms. The standard InChI is InChI=1S/C18H19F2N3O.HI/c19-14-6-7-15(20)16(10-14)23-18(21)22-11-13-8-9-24-17(13)12-4-2-1-3-5-12;/h1-7,10,13,17H,8-9,11H2,(H3,21,22,23);1H/t13-,17-;/m1./s1. The molecule has 3 N–H and O–H groups in total. The summed E-state index contributed by atoms with van der Waals surface area (Å²) in [5, 5.41) is 2.60. The molecule has 0 unspecified atom stereocenters. The van der Waals surface area contributed by atoms with E-state index < -0.39 is 11.6 Å². The summed E-state index contributed by atoms with van der Waals surface area (Å²) < 4.78 is 32.6. The zero-order valence-electron chi connectivity index (χ0n) is 13.5. The molecule has 4 nitrogen and oxygen atoms in total. The second-order valence-electron chi connectivity index (χ2n) is 5.73. The van der Waals surface area contributed by atoms with Gasteiger partial charge in [-0.15, -0.1) is 24.0 Å². The fraction of sp³-hybridized carbons (Fsp3) is 0.278. The first-order valence-electron chi connectivity index (χ1n) is 7.82. The number of halogens is 3. The van der Waals surface area contributed by atoms with Gasteiger partial charge in [0, 0.05) is 25.1 Å². The molecule has 0 aliphatic carbocycles. The lowest BCUT2D eigenvalue weighted by molar-refractivity contribution is 0.0926. The van der Waals surface area contributed by atoms with Gasteiger partial charge in [0.25, 0.3) is 0 Å². The van der Waals surface area contributed by atoms with Gasteiger partial charge in [0.2, 0.25) is 0 Å². The Morgan fingerprint density at radius 1 is 1.20 bits per heavy atom. The second kappa shape index (κ2) is 9.10. The van der Waals surface area contributed by atoms with E-state index >= 15 is 0 Å². The van der Waals surface area contributed by atoms with Crippen molar-refractivity contribution in [2.24, 2.45) is 16.6 Å². The minimum Gasteiger partial charge on any atom is -0.373 e. The largest absolute Gasteiger partial charge is 0.373 e. The number of benzene rings is 2. The van der Waals surface area contributed by atoms with Crippen molar-refractivity contribution in [1.29, 1.82) is 0 Å². The molecule has 1 heterocycles. The van der Waals surface area contributed by atoms with Crippen LogP contribution in [0.1, 0.15) is 18.1 Å². The molecule has 2 atom stereocenters. The summed E-state index contributed by atoms with van der Waals surface area (Å²) >= 11 is 0. The molecule has 3 rings (SSSR count). The van der Waals surface area contributed by atoms with Gasteiger partial charge in [-0.25, -0.2) is 8.78 Å². The molecule has 1 fully saturated rings. The number of hydrogen-bond donors (Lipinski definition) is 2. The number of aliphatic imine (C=N–C) groups is 1. The van der Waals surface area contributed by atoms with Crippen LogP contribution >= 0.6 is 24.0 Å². The Hall–Kier alpha value is -1.74. The predicted molar refractivity (Wildman–Crippen MR) is 105 cm³/mol. The Bertz CT molecular complexity index is 728. The summed E-state index contributed by atoms with van der Waals surface area (Å²) in [6.45, 7) is 1.13. The van der Waals surface area contributed by atoms with Gasteiger partial charge in [-0.05, 0) is 24.1 Å². The Kier molecular flexibility index (Phi) is 7.12. The number of rotatable bonds is 4. The fourth-order valence-corrected chi connectivity index (χ4v) is 2.82. The third kappa shape index (κ3) is 5.12. The molecule has 0 spiro atoms. The number of hydrogen-bond acceptors (Lipinski definition) is 2. The van der Waals surface area contributed by atoms with Crippen LogP contribution in [0.2, 0.25) is 0 Å². The lowest BCUT2D eigenvalue weighted by atomic mass is 9.95. The molecule has 1 aliphatic rings. The van der Waals surface area contributed by atoms with Crippen LogP contribution in [-0.4, -0.2) is 19.1 Å². The van der Waals surface area contributed by atoms with E-state index in [0.717, 1.165) is 30.2 Å². The van der Waals surface area contributed by atoms with E-state index in [4.69, 9.17) is 10.5 Å². The van der Waals surface area contributed by atoms with Crippen molar-refractivity contribution in [2.45, 2.75) is 12.5 Å². The molecule has 1 saturated heterocycles. The van der Waals surface area contributed by atoms with E-state index in [0.29, 0.717) is 13.2 Å². The lowest BCUT2D eigenvalue weighted by Crippen LogP contribution is -2.25. The fourth-order valence-electron chi connectivity index (χ4n) is 2.82. The van der Waals surface area contributed by atoms with Crippen molar-refractivity contribution >= 4 is 35.6 Å². The summed E-state index contributed by atoms with van der Waals surface area (Å²) in [6, 6.07) is 13.1. The molecule has 7 heteroatoms. The number of anilines is 1. The van der Waals surface area contributed by atoms with Crippen LogP contribution in [0.5, 0.6) is 0 Å². The van der Waals surface area contributed by atoms with Crippen molar-refractivity contribution in [3.8, 4) is 0 Å². The van der Waals surface area contributed by atoms with Crippen LogP contribution in [-0.2, 0) is 4.74 Å². The Morgan fingerprint density at radius 2 is 1.96 bits per heavy atom. The maximum atomic E-state index is 13.6. The molecular weight excluding hydrogens is 439 g/mol. The van der Waals surface area contributed by atoms with Gasteiger partial charge in [-0.3, -0.25) is 4.99 Å². The SMILES string of the molecule is I.NC(=NC[C@H]1CCO[C@@H]1c1ccccc1)Nc1cc(F)ccc1F. The van der Waals surface area contributed by atoms with E-state index in [1.54, 1.807) is 0 Å². The van der Waals surface area contributed by atoms with Crippen molar-refractivity contribution in [3.05, 3.63) is 65.7 Å². The summed E-state index contributed by atoms with van der Waals surface area (Å²) in [5.41, 5.74) is 6.88. The smallest absolute Gasteiger partial charge is 0.193 e. The first-order chi connectivity index (χ1) is 11.6. The van der Waals surface area contributed by atoms with Crippen LogP contribution in [0.3, 0.4) is 0 Å². The number of nitrogens with two attached hydrogens (primary N) is 1. The highest BCUT2D eigenvalue weighted by Gasteiger charge is 2.29. The molecule has 2 aromatic rings. The van der Waals surface area contributed by atoms with Crippen molar-refractivity contribution in [1.82, 2.24) is 0 Å². The number of ether oxygens (including phenoxy) is 1. The van der Waals surface area contributed by atoms with Crippen molar-refractivity contribution in [3.63, 3.8) is 0 Å². The molecular formula is C18H20F2IN3O. The van der Waals surface area contributed by atoms with E-state index in [2.05, 4.69) is 10.3 Å². The van der Waals surface area contributed by atoms with E-state index in [1.165, 1.54) is 0 Å². The van der Waals surface area contributed by atoms with Crippen molar-refractivity contribution < 1.29 is 13.5 Å². The van der Waals surface area contributed by atoms with Gasteiger partial charge >= 0.3 is 0 Å². The number of guanidine groups is 1. The maximum absolute atomic E-state index is 13.6. The van der Waals surface area contributed by atoms with Crippen LogP contribution in [0.4, 0.5) is 14.5 Å². The zero-order chi connectivity index (χ0) is 16.9. The molecule has 1 aliphatic heterocycles. The quantitative estimate of drug-likeness (QED) is 0.412. The lowest BCUT2D eigenvalue weighted by Gasteiger charge is -2.17. The molecule has 0 radical (unpaired) electrons. The van der Waals surface area contributed by atoms with Crippen LogP contribution in [0.15, 0.2) is 53.5 Å². The summed E-state index contributed by atoms with van der Waals surface area (Å²) in [7, 11) is 0. The minimum absolute atomic E-state index is 0. The maximum Gasteiger partial charge on any atom is 0.193 e. The van der Waals surface area contributed by atoms with Gasteiger partial charge in [-0.2, -0.15) is 0 Å².